The minimum atomic E-state index is 0. The number of hydrogen-bond donors (Lipinski definition) is 0. The van der Waals surface area contributed by atoms with Crippen LogP contribution in [0.2, 0.25) is 0 Å². The Morgan fingerprint density at radius 1 is 1.38 bits per heavy atom. The summed E-state index contributed by atoms with van der Waals surface area (Å²) in [6, 6.07) is 5.96. The van der Waals surface area contributed by atoms with Gasteiger partial charge in [0.05, 0.1) is 0 Å². The molecule has 1 aromatic heterocycles. The SMILES string of the molecule is Cl.[Zn][c]1ccccn1. The van der Waals surface area contributed by atoms with Crippen LogP contribution < -0.4 is 4.29 Å². The van der Waals surface area contributed by atoms with Crippen LogP contribution in [0.3, 0.4) is 0 Å². The van der Waals surface area contributed by atoms with Crippen molar-refractivity contribution in [3.63, 3.8) is 0 Å². The summed E-state index contributed by atoms with van der Waals surface area (Å²) in [6.07, 6.45) is 1.82. The molecule has 0 aliphatic carbocycles. The Morgan fingerprint density at radius 3 is 2.38 bits per heavy atom. The van der Waals surface area contributed by atoms with Gasteiger partial charge in [-0.05, 0) is 0 Å². The molecule has 1 aromatic rings. The maximum atomic E-state index is 4.03. The topological polar surface area (TPSA) is 12.9 Å². The number of rotatable bonds is 0. The molecular formula is C5H5ClNZn. The van der Waals surface area contributed by atoms with E-state index in [2.05, 4.69) is 4.98 Å². The Hall–Kier alpha value is 0.0634. The van der Waals surface area contributed by atoms with E-state index in [0.717, 1.165) is 18.3 Å². The van der Waals surface area contributed by atoms with E-state index >= 15 is 0 Å². The molecule has 1 rings (SSSR count). The van der Waals surface area contributed by atoms with E-state index in [4.69, 9.17) is 0 Å². The van der Waals surface area contributed by atoms with Gasteiger partial charge in [0.25, 0.3) is 0 Å². The number of aromatic nitrogens is 1. The fourth-order valence-corrected chi connectivity index (χ4v) is 0.905. The van der Waals surface area contributed by atoms with Gasteiger partial charge in [0.1, 0.15) is 0 Å². The number of halogens is 1. The van der Waals surface area contributed by atoms with Crippen LogP contribution in [-0.2, 0) is 18.3 Å². The molecular weight excluding hydrogens is 175 g/mol. The molecule has 1 heterocycles. The van der Waals surface area contributed by atoms with Crippen molar-refractivity contribution >= 4 is 16.7 Å². The summed E-state index contributed by atoms with van der Waals surface area (Å²) in [7, 11) is 0. The van der Waals surface area contributed by atoms with Crippen molar-refractivity contribution < 1.29 is 18.3 Å². The van der Waals surface area contributed by atoms with Crippen molar-refractivity contribution in [2.75, 3.05) is 0 Å². The van der Waals surface area contributed by atoms with Gasteiger partial charge in [-0.1, -0.05) is 0 Å². The molecule has 3 heteroatoms. The van der Waals surface area contributed by atoms with Crippen LogP contribution in [0.1, 0.15) is 0 Å². The van der Waals surface area contributed by atoms with Gasteiger partial charge in [0.15, 0.2) is 0 Å². The van der Waals surface area contributed by atoms with Crippen molar-refractivity contribution in [1.29, 1.82) is 0 Å². The Kier molecular flexibility index (Phi) is 4.03. The Labute approximate surface area is 64.6 Å². The second kappa shape index (κ2) is 3.99. The number of hydrogen-bond acceptors (Lipinski definition) is 1. The fraction of sp³-hybridized carbons (Fsp3) is 0. The van der Waals surface area contributed by atoms with Crippen molar-refractivity contribution in [3.8, 4) is 0 Å². The molecule has 39 valence electrons. The molecule has 1 nitrogen and oxygen atoms in total. The first-order chi connectivity index (χ1) is 3.39. The van der Waals surface area contributed by atoms with Gasteiger partial charge < -0.3 is 0 Å². The second-order valence-corrected chi connectivity index (χ2v) is 2.84. The Morgan fingerprint density at radius 2 is 2.12 bits per heavy atom. The van der Waals surface area contributed by atoms with Crippen LogP contribution >= 0.6 is 12.4 Å². The van der Waals surface area contributed by atoms with Gasteiger partial charge in [-0.25, -0.2) is 0 Å². The molecule has 0 saturated heterocycles. The molecule has 0 aliphatic heterocycles. The quantitative estimate of drug-likeness (QED) is 0.534. The third kappa shape index (κ3) is 2.39. The summed E-state index contributed by atoms with van der Waals surface area (Å²) in [5, 5.41) is 0. The molecule has 0 spiro atoms. The van der Waals surface area contributed by atoms with Gasteiger partial charge in [-0.15, -0.1) is 12.4 Å². The predicted octanol–water partition coefficient (Wildman–Crippen LogP) is 0.676. The van der Waals surface area contributed by atoms with Crippen molar-refractivity contribution in [2.24, 2.45) is 0 Å². The van der Waals surface area contributed by atoms with Crippen LogP contribution in [0.15, 0.2) is 24.4 Å². The second-order valence-electron chi connectivity index (χ2n) is 1.32. The molecule has 0 bridgehead atoms. The normalized spacial score (nSPS) is 7.75. The zero-order valence-corrected chi connectivity index (χ0v) is 8.16. The van der Waals surface area contributed by atoms with E-state index in [-0.39, 0.29) is 12.4 Å². The first kappa shape index (κ1) is 8.06. The molecule has 8 heavy (non-hydrogen) atoms. The van der Waals surface area contributed by atoms with E-state index in [1.165, 1.54) is 4.29 Å². The maximum absolute atomic E-state index is 4.03. The summed E-state index contributed by atoms with van der Waals surface area (Å²) >= 11 is 1.15. The molecule has 0 aromatic carbocycles. The van der Waals surface area contributed by atoms with E-state index in [9.17, 15) is 0 Å². The molecule has 0 amide bonds. The molecule has 0 N–H and O–H groups in total. The van der Waals surface area contributed by atoms with Crippen LogP contribution in [-0.4, -0.2) is 4.98 Å². The molecule has 0 saturated carbocycles. The molecule has 0 radical (unpaired) electrons. The molecule has 0 unspecified atom stereocenters. The van der Waals surface area contributed by atoms with Crippen molar-refractivity contribution in [2.45, 2.75) is 0 Å². The zero-order valence-electron chi connectivity index (χ0n) is 4.37. The van der Waals surface area contributed by atoms with E-state index in [1.54, 1.807) is 0 Å². The third-order valence-electron chi connectivity index (χ3n) is 0.726. The molecule has 0 aliphatic rings. The zero-order chi connectivity index (χ0) is 5.11. The van der Waals surface area contributed by atoms with E-state index in [1.807, 2.05) is 24.4 Å². The average molecular weight is 180 g/mol. The first-order valence-corrected chi connectivity index (χ1v) is 3.61. The summed E-state index contributed by atoms with van der Waals surface area (Å²) in [5.74, 6) is 0. The fourth-order valence-electron chi connectivity index (χ4n) is 0.398. The van der Waals surface area contributed by atoms with Crippen LogP contribution in [0.5, 0.6) is 0 Å². The van der Waals surface area contributed by atoms with E-state index < -0.39 is 0 Å². The minimum absolute atomic E-state index is 0. The number of pyridine rings is 1. The van der Waals surface area contributed by atoms with Gasteiger partial charge in [0, 0.05) is 0 Å². The standard InChI is InChI=1S/C5H4N.ClH.Zn/c1-2-4-6-5-3-1;;/h1-4H;1H;. The first-order valence-electron chi connectivity index (χ1n) is 2.12. The van der Waals surface area contributed by atoms with Crippen molar-refractivity contribution in [1.82, 2.24) is 4.98 Å². The number of nitrogens with zero attached hydrogens (tertiary/aromatic N) is 1. The summed E-state index contributed by atoms with van der Waals surface area (Å²) < 4.78 is 1.20. The third-order valence-corrected chi connectivity index (χ3v) is 1.60. The van der Waals surface area contributed by atoms with Gasteiger partial charge in [-0.3, -0.25) is 0 Å². The molecule has 0 atom stereocenters. The monoisotopic (exact) mass is 178 g/mol. The van der Waals surface area contributed by atoms with Crippen LogP contribution in [0.25, 0.3) is 0 Å². The summed E-state index contributed by atoms with van der Waals surface area (Å²) in [6.45, 7) is 0. The van der Waals surface area contributed by atoms with Crippen molar-refractivity contribution in [3.05, 3.63) is 24.4 Å². The predicted molar refractivity (Wildman–Crippen MR) is 31.1 cm³/mol. The molecule has 0 fully saturated rings. The van der Waals surface area contributed by atoms with Gasteiger partial charge in [0.2, 0.25) is 0 Å². The van der Waals surface area contributed by atoms with Gasteiger partial charge in [-0.2, -0.15) is 0 Å². The Bertz CT molecular complexity index is 142. The Balaban J connectivity index is 0.000000490. The van der Waals surface area contributed by atoms with E-state index in [0.29, 0.717) is 0 Å². The summed E-state index contributed by atoms with van der Waals surface area (Å²) in [5.41, 5.74) is 0. The summed E-state index contributed by atoms with van der Waals surface area (Å²) in [4.78, 5) is 4.03. The van der Waals surface area contributed by atoms with Gasteiger partial charge >= 0.3 is 52.0 Å². The van der Waals surface area contributed by atoms with Crippen LogP contribution in [0.4, 0.5) is 0 Å². The van der Waals surface area contributed by atoms with Crippen LogP contribution in [0, 0.1) is 0 Å². The average Bonchev–Trinajstić information content (AvgIpc) is 1.69.